The molecule has 2 aromatic rings. The van der Waals surface area contributed by atoms with Crippen molar-refractivity contribution in [2.24, 2.45) is 0 Å². The van der Waals surface area contributed by atoms with Gasteiger partial charge in [0.15, 0.2) is 0 Å². The molecule has 2 heterocycles. The maximum absolute atomic E-state index is 13.8. The number of nitrogens with zero attached hydrogens (tertiary/aromatic N) is 3. The highest BCUT2D eigenvalue weighted by Gasteiger charge is 2.27. The van der Waals surface area contributed by atoms with E-state index in [4.69, 9.17) is 11.6 Å². The summed E-state index contributed by atoms with van der Waals surface area (Å²) in [5, 5.41) is 24.2. The van der Waals surface area contributed by atoms with Gasteiger partial charge in [-0.3, -0.25) is 4.79 Å². The minimum Gasteiger partial charge on any atom is -0.387 e. The van der Waals surface area contributed by atoms with Crippen molar-refractivity contribution >= 4 is 39.7 Å². The fraction of sp³-hybridized carbons (Fsp3) is 0.429. The zero-order chi connectivity index (χ0) is 17.9. The van der Waals surface area contributed by atoms with Crippen LogP contribution in [0.25, 0.3) is 0 Å². The molecule has 0 aromatic carbocycles. The van der Waals surface area contributed by atoms with Crippen LogP contribution in [-0.4, -0.2) is 44.5 Å². The van der Waals surface area contributed by atoms with Gasteiger partial charge in [-0.25, -0.2) is 9.37 Å². The first kappa shape index (κ1) is 18.5. The normalized spacial score (nSPS) is 12.8. The van der Waals surface area contributed by atoms with Crippen LogP contribution >= 0.6 is 22.9 Å². The molecule has 0 aliphatic heterocycles. The highest BCUT2D eigenvalue weighted by molar-refractivity contribution is 7.15. The molecule has 0 bridgehead atoms. The molecular weight excluding hydrogens is 357 g/mol. The molecule has 1 atom stereocenters. The molecule has 10 heteroatoms. The van der Waals surface area contributed by atoms with Gasteiger partial charge >= 0.3 is 0 Å². The summed E-state index contributed by atoms with van der Waals surface area (Å²) in [6, 6.07) is 1.47. The second kappa shape index (κ2) is 7.37. The molecule has 0 saturated heterocycles. The van der Waals surface area contributed by atoms with Gasteiger partial charge in [-0.2, -0.15) is 0 Å². The SMILES string of the molecule is Cc1nnc(Nc2cc(Cl)ncc2C(=O)NCC(F)C(C)(C)O)s1. The number of aliphatic hydroxyl groups is 1. The zero-order valence-electron chi connectivity index (χ0n) is 13.3. The lowest BCUT2D eigenvalue weighted by molar-refractivity contribution is -0.00177. The van der Waals surface area contributed by atoms with Crippen LogP contribution < -0.4 is 10.6 Å². The van der Waals surface area contributed by atoms with E-state index in [9.17, 15) is 14.3 Å². The lowest BCUT2D eigenvalue weighted by atomic mass is 10.0. The Bertz CT molecular complexity index is 734. The topological polar surface area (TPSA) is 100 Å². The molecule has 0 aliphatic carbocycles. The molecule has 1 unspecified atom stereocenters. The van der Waals surface area contributed by atoms with Crippen molar-refractivity contribution in [3.05, 3.63) is 28.0 Å². The third-order valence-electron chi connectivity index (χ3n) is 3.09. The molecule has 0 saturated carbocycles. The largest absolute Gasteiger partial charge is 0.387 e. The van der Waals surface area contributed by atoms with Gasteiger partial charge in [0.25, 0.3) is 5.91 Å². The maximum atomic E-state index is 13.8. The number of carbonyl (C=O) groups excluding carboxylic acids is 1. The molecule has 24 heavy (non-hydrogen) atoms. The van der Waals surface area contributed by atoms with Crippen LogP contribution in [0.15, 0.2) is 12.3 Å². The van der Waals surface area contributed by atoms with Gasteiger partial charge in [0.1, 0.15) is 16.3 Å². The van der Waals surface area contributed by atoms with Crippen molar-refractivity contribution in [2.45, 2.75) is 32.5 Å². The number of nitrogens with one attached hydrogen (secondary N) is 2. The number of carbonyl (C=O) groups is 1. The molecule has 0 aliphatic rings. The Kier molecular flexibility index (Phi) is 5.68. The number of amides is 1. The number of alkyl halides is 1. The molecule has 3 N–H and O–H groups in total. The highest BCUT2D eigenvalue weighted by Crippen LogP contribution is 2.25. The molecule has 1 amide bonds. The molecule has 0 fully saturated rings. The Balaban J connectivity index is 2.15. The summed E-state index contributed by atoms with van der Waals surface area (Å²) < 4.78 is 13.8. The van der Waals surface area contributed by atoms with Crippen molar-refractivity contribution < 1.29 is 14.3 Å². The van der Waals surface area contributed by atoms with Gasteiger partial charge in [-0.15, -0.1) is 10.2 Å². The van der Waals surface area contributed by atoms with E-state index in [1.807, 2.05) is 0 Å². The van der Waals surface area contributed by atoms with Crippen LogP contribution in [0.2, 0.25) is 5.15 Å². The number of aryl methyl sites for hydroxylation is 1. The summed E-state index contributed by atoms with van der Waals surface area (Å²) >= 11 is 7.18. The molecule has 130 valence electrons. The fourth-order valence-electron chi connectivity index (χ4n) is 1.70. The molecule has 2 rings (SSSR count). The van der Waals surface area contributed by atoms with E-state index in [1.165, 1.54) is 37.4 Å². The van der Waals surface area contributed by atoms with E-state index in [0.717, 1.165) is 5.01 Å². The highest BCUT2D eigenvalue weighted by atomic mass is 35.5. The van der Waals surface area contributed by atoms with E-state index >= 15 is 0 Å². The van der Waals surface area contributed by atoms with E-state index in [-0.39, 0.29) is 17.3 Å². The van der Waals surface area contributed by atoms with Crippen molar-refractivity contribution in [1.82, 2.24) is 20.5 Å². The van der Waals surface area contributed by atoms with Gasteiger partial charge in [0.05, 0.1) is 23.4 Å². The van der Waals surface area contributed by atoms with E-state index in [2.05, 4.69) is 25.8 Å². The van der Waals surface area contributed by atoms with Gasteiger partial charge in [0, 0.05) is 6.20 Å². The quantitative estimate of drug-likeness (QED) is 0.672. The smallest absolute Gasteiger partial charge is 0.255 e. The standard InChI is InChI=1S/C14H17ClFN5O2S/c1-7-20-21-13(24-7)19-9-4-11(15)17-5-8(9)12(22)18-6-10(16)14(2,3)23/h4-5,10,23H,6H2,1-3H3,(H,18,22)(H,17,19,21). The molecule has 0 radical (unpaired) electrons. The average Bonchev–Trinajstić information content (AvgIpc) is 2.88. The van der Waals surface area contributed by atoms with Gasteiger partial charge in [-0.05, 0) is 26.8 Å². The second-order valence-electron chi connectivity index (χ2n) is 5.64. The first-order chi connectivity index (χ1) is 11.2. The Hall–Kier alpha value is -1.84. The van der Waals surface area contributed by atoms with Crippen molar-refractivity contribution in [3.63, 3.8) is 0 Å². The number of hydrogen-bond donors (Lipinski definition) is 3. The van der Waals surface area contributed by atoms with Crippen molar-refractivity contribution in [3.8, 4) is 0 Å². The van der Waals surface area contributed by atoms with Gasteiger partial charge in [-0.1, -0.05) is 22.9 Å². The molecule has 2 aromatic heterocycles. The predicted octanol–water partition coefficient (Wildman–Crippen LogP) is 2.48. The summed E-state index contributed by atoms with van der Waals surface area (Å²) in [4.78, 5) is 16.2. The van der Waals surface area contributed by atoms with E-state index in [0.29, 0.717) is 10.8 Å². The third-order valence-corrected chi connectivity index (χ3v) is 4.05. The summed E-state index contributed by atoms with van der Waals surface area (Å²) in [6.07, 6.45) is -0.325. The third kappa shape index (κ3) is 4.83. The Labute approximate surface area is 147 Å². The van der Waals surface area contributed by atoms with Crippen molar-refractivity contribution in [2.75, 3.05) is 11.9 Å². The number of halogens is 2. The van der Waals surface area contributed by atoms with Crippen LogP contribution in [0.1, 0.15) is 29.2 Å². The number of rotatable bonds is 6. The summed E-state index contributed by atoms with van der Waals surface area (Å²) in [6.45, 7) is 4.13. The Morgan fingerprint density at radius 2 is 2.21 bits per heavy atom. The second-order valence-corrected chi connectivity index (χ2v) is 7.20. The summed E-state index contributed by atoms with van der Waals surface area (Å²) in [5.74, 6) is -0.546. The van der Waals surface area contributed by atoms with Crippen LogP contribution in [0.3, 0.4) is 0 Å². The van der Waals surface area contributed by atoms with E-state index < -0.39 is 17.7 Å². The number of aromatic nitrogens is 3. The monoisotopic (exact) mass is 373 g/mol. The maximum Gasteiger partial charge on any atom is 0.255 e. The summed E-state index contributed by atoms with van der Waals surface area (Å²) in [7, 11) is 0. The Morgan fingerprint density at radius 3 is 2.79 bits per heavy atom. The predicted molar refractivity (Wildman–Crippen MR) is 90.7 cm³/mol. The molecule has 0 spiro atoms. The number of anilines is 2. The summed E-state index contributed by atoms with van der Waals surface area (Å²) in [5.41, 5.74) is -0.992. The number of pyridine rings is 1. The lowest BCUT2D eigenvalue weighted by Crippen LogP contribution is -2.42. The number of hydrogen-bond acceptors (Lipinski definition) is 7. The first-order valence-electron chi connectivity index (χ1n) is 7.04. The first-order valence-corrected chi connectivity index (χ1v) is 8.23. The average molecular weight is 374 g/mol. The van der Waals surface area contributed by atoms with Crippen LogP contribution in [0, 0.1) is 6.92 Å². The van der Waals surface area contributed by atoms with Gasteiger partial charge in [0.2, 0.25) is 5.13 Å². The van der Waals surface area contributed by atoms with Crippen molar-refractivity contribution in [1.29, 1.82) is 0 Å². The Morgan fingerprint density at radius 1 is 1.50 bits per heavy atom. The van der Waals surface area contributed by atoms with Gasteiger partial charge < -0.3 is 15.7 Å². The fourth-order valence-corrected chi connectivity index (χ4v) is 2.47. The molecular formula is C14H17ClFN5O2S. The minimum absolute atomic E-state index is 0.176. The lowest BCUT2D eigenvalue weighted by Gasteiger charge is -2.22. The minimum atomic E-state index is -1.61. The van der Waals surface area contributed by atoms with E-state index in [1.54, 1.807) is 6.92 Å². The van der Waals surface area contributed by atoms with Crippen LogP contribution in [0.4, 0.5) is 15.2 Å². The van der Waals surface area contributed by atoms with Crippen LogP contribution in [0.5, 0.6) is 0 Å². The zero-order valence-corrected chi connectivity index (χ0v) is 14.9. The molecule has 7 nitrogen and oxygen atoms in total. The van der Waals surface area contributed by atoms with Crippen LogP contribution in [-0.2, 0) is 0 Å².